The molecule has 0 saturated carbocycles. The number of Topliss-reactive ketones (excluding diaryl/α,β-unsaturated/α-hetero) is 1. The third kappa shape index (κ3) is 27.3. The third-order valence-electron chi connectivity index (χ3n) is 17.8. The number of nitrogens with one attached hydrogen (secondary N) is 7. The average molecular weight is 1570 g/mol. The minimum absolute atomic E-state index is 0.000727. The van der Waals surface area contributed by atoms with E-state index < -0.39 is 163 Å². The van der Waals surface area contributed by atoms with E-state index in [1.54, 1.807) is 20.8 Å². The van der Waals surface area contributed by atoms with Crippen LogP contribution in [0.1, 0.15) is 132 Å². The number of esters is 1. The highest BCUT2D eigenvalue weighted by Gasteiger charge is 2.49. The highest BCUT2D eigenvalue weighted by atomic mass is 33.1. The molecule has 6 rings (SSSR count). The molecule has 108 heavy (non-hydrogen) atoms. The molecule has 2 aliphatic rings. The zero-order valence-electron chi connectivity index (χ0n) is 60.1. The molecule has 5 amide bonds. The summed E-state index contributed by atoms with van der Waals surface area (Å²) < 4.78 is 16.7. The number of nitrogens with zero attached hydrogens (tertiary/aromatic N) is 6. The van der Waals surface area contributed by atoms with Gasteiger partial charge in [-0.1, -0.05) is 55.7 Å². The van der Waals surface area contributed by atoms with Crippen molar-refractivity contribution in [3.63, 3.8) is 0 Å². The van der Waals surface area contributed by atoms with Crippen LogP contribution in [0.2, 0.25) is 0 Å². The second-order valence-corrected chi connectivity index (χ2v) is 30.1. The Bertz CT molecular complexity index is 4010. The summed E-state index contributed by atoms with van der Waals surface area (Å²) in [4.78, 5) is 194. The summed E-state index contributed by atoms with van der Waals surface area (Å²) in [6.45, 7) is 10.1. The van der Waals surface area contributed by atoms with Crippen LogP contribution in [0, 0.1) is 24.2 Å². The second-order valence-electron chi connectivity index (χ2n) is 26.4. The number of guanidine groups is 1. The summed E-state index contributed by atoms with van der Waals surface area (Å²) >= 11 is 1.45. The number of aryl methyl sites for hydroxylation is 1. The SMILES string of the molecule is C/C(=C\c1csc(C)n1)[C@@H]1C[C@H]2[C@@H](CCC[C@H](C)[C@H](O)[C@@H](C)C(=O)C(C)(C)C(O)CC(=O)O1)N2CCOC(=O)OCCSSCC(NC(=O)[C@H](CC(=O)O)NC(=O)[C@H](CCCN=C(N)N)NC(=O)[C@H](CC(=O)O)NC(=O)CC[C@H](NC(=O)c1ccc(NCc2cnc3nc(N)[nH]c(=O)c3n2)cc1)C(=O)O)C(=O)O. The number of hydrogen-bond acceptors (Lipinski definition) is 29. The predicted molar refractivity (Wildman–Crippen MR) is 393 cm³/mol. The number of amides is 5. The fourth-order valence-electron chi connectivity index (χ4n) is 11.7. The number of carboxylic acids is 4. The number of aromatic amines is 1. The highest BCUT2D eigenvalue weighted by molar-refractivity contribution is 8.76. The maximum Gasteiger partial charge on any atom is 0.508 e. The van der Waals surface area contributed by atoms with Crippen LogP contribution in [-0.4, -0.2) is 236 Å². The van der Waals surface area contributed by atoms with Crippen LogP contribution in [0.15, 0.2) is 51.2 Å². The third-order valence-corrected chi connectivity index (χ3v) is 21.0. The van der Waals surface area contributed by atoms with Crippen molar-refractivity contribution in [2.75, 3.05) is 48.9 Å². The normalized spacial score (nSPS) is 20.9. The number of thiazole rings is 1. The molecule has 41 heteroatoms. The molecular weight excluding hydrogens is 1480 g/mol. The van der Waals surface area contributed by atoms with Crippen molar-refractivity contribution in [3.8, 4) is 0 Å². The maximum absolute atomic E-state index is 14.0. The Labute approximate surface area is 630 Å². The number of benzene rings is 1. The van der Waals surface area contributed by atoms with Crippen LogP contribution in [0.25, 0.3) is 17.2 Å². The van der Waals surface area contributed by atoms with E-state index >= 15 is 0 Å². The molecule has 0 spiro atoms. The van der Waals surface area contributed by atoms with Gasteiger partial charge in [-0.15, -0.1) is 11.3 Å². The Kier molecular flexibility index (Phi) is 33.2. The number of nitrogens with two attached hydrogens (primary N) is 3. The number of fused-ring (bicyclic) bond motifs is 2. The van der Waals surface area contributed by atoms with Crippen molar-refractivity contribution >= 4 is 139 Å². The highest BCUT2D eigenvalue weighted by Crippen LogP contribution is 2.39. The van der Waals surface area contributed by atoms with Gasteiger partial charge in [-0.05, 0) is 87.8 Å². The van der Waals surface area contributed by atoms with Crippen molar-refractivity contribution < 1.29 is 102 Å². The molecule has 0 bridgehead atoms. The Hall–Kier alpha value is -10.1. The molecule has 0 aliphatic carbocycles. The van der Waals surface area contributed by atoms with E-state index in [0.29, 0.717) is 48.3 Å². The van der Waals surface area contributed by atoms with E-state index in [4.69, 9.17) is 31.4 Å². The number of aliphatic hydroxyl groups excluding tert-OH is 2. The molecule has 2 saturated heterocycles. The number of hydrogen-bond donors (Lipinski definition) is 16. The van der Waals surface area contributed by atoms with Crippen LogP contribution in [-0.2, 0) is 68.7 Å². The lowest BCUT2D eigenvalue weighted by Crippen LogP contribution is -2.58. The number of carboxylic acid groups (broad SMARTS) is 4. The Morgan fingerprint density at radius 2 is 1.45 bits per heavy atom. The number of H-pyrrole nitrogens is 1. The first kappa shape index (κ1) is 86.8. The lowest BCUT2D eigenvalue weighted by Gasteiger charge is -2.34. The number of aliphatic imine (C=N–C) groups is 1. The van der Waals surface area contributed by atoms with Crippen molar-refractivity contribution in [1.29, 1.82) is 0 Å². The van der Waals surface area contributed by atoms with Gasteiger partial charge in [0.05, 0.1) is 66.0 Å². The zero-order valence-corrected chi connectivity index (χ0v) is 62.5. The fourth-order valence-corrected chi connectivity index (χ4v) is 14.3. The van der Waals surface area contributed by atoms with Gasteiger partial charge in [0.1, 0.15) is 55.3 Å². The van der Waals surface area contributed by atoms with Crippen LogP contribution in [0.4, 0.5) is 16.4 Å². The first-order valence-corrected chi connectivity index (χ1v) is 37.7. The molecule has 3 unspecified atom stereocenters. The molecule has 1 aromatic carbocycles. The number of carbonyl (C=O) groups excluding carboxylic acids is 8. The van der Waals surface area contributed by atoms with Crippen LogP contribution < -0.4 is 54.7 Å². The first-order chi connectivity index (χ1) is 51.0. The number of nitrogen functional groups attached to an aromatic ring is 1. The van der Waals surface area contributed by atoms with Crippen molar-refractivity contribution in [1.82, 2.24) is 56.4 Å². The number of aliphatic hydroxyl groups is 2. The van der Waals surface area contributed by atoms with Crippen molar-refractivity contribution in [3.05, 3.63) is 73.7 Å². The van der Waals surface area contributed by atoms with Gasteiger partial charge < -0.3 is 94.0 Å². The summed E-state index contributed by atoms with van der Waals surface area (Å²) in [5.41, 5.74) is 16.7. The minimum atomic E-state index is -2.00. The summed E-state index contributed by atoms with van der Waals surface area (Å²) in [6, 6.07) is -3.57. The van der Waals surface area contributed by atoms with E-state index in [1.165, 1.54) is 41.8 Å². The number of carbonyl (C=O) groups is 12. The van der Waals surface area contributed by atoms with Crippen LogP contribution >= 0.6 is 32.9 Å². The minimum Gasteiger partial charge on any atom is -0.481 e. The Morgan fingerprint density at radius 3 is 2.09 bits per heavy atom. The van der Waals surface area contributed by atoms with E-state index in [1.807, 2.05) is 32.2 Å². The summed E-state index contributed by atoms with van der Waals surface area (Å²) in [5.74, 6) is -15.1. The van der Waals surface area contributed by atoms with Gasteiger partial charge in [0, 0.05) is 72.1 Å². The van der Waals surface area contributed by atoms with Gasteiger partial charge in [-0.2, -0.15) is 4.98 Å². The molecule has 2 aliphatic heterocycles. The standard InChI is InChI=1S/C67H92N16O22S3/c1-32-9-7-11-45-46(26-47(33(2)23-38-30-106-35(4)74-38)105-52(90)27-48(84)67(5,6)55(92)34(3)54(32)91)83(45)19-20-103-66(102)104-21-22-107-108-31-44(63(100)101)80-60(96)43(25-51(88)89)79-58(94)40(10-8-18-71-64(68)69)77-59(95)42(24-50(86)87)76-49(85)17-16-41(62(98)99)78-57(93)36-12-14-37(15-13-36)72-28-39-29-73-56-53(75-39)61(97)82-65(70)81-56/h12-15,23,29-30,32,34,40-48,54,72,84,91H,7-11,16-22,24-28,31H2,1-6H3,(H,76,85)(H,77,95)(H,78,93)(H,79,94)(H,80,96)(H,86,87)(H,88,89)(H,98,99)(H,100,101)(H4,68,69,71)(H3,70,73,81,82,97)/b33-23+/t32-,34+,40-,41-,42-,43-,44?,45+,46-,47-,48?,54-,83?/m0/s1. The lowest BCUT2D eigenvalue weighted by atomic mass is 9.73. The molecule has 4 aromatic rings. The van der Waals surface area contributed by atoms with Crippen LogP contribution in [0.5, 0.6) is 0 Å². The van der Waals surface area contributed by atoms with Gasteiger partial charge in [0.15, 0.2) is 17.1 Å². The van der Waals surface area contributed by atoms with Crippen molar-refractivity contribution in [2.24, 2.45) is 33.7 Å². The molecule has 3 aromatic heterocycles. The molecule has 0 radical (unpaired) electrons. The summed E-state index contributed by atoms with van der Waals surface area (Å²) in [5, 5.41) is 78.9. The van der Waals surface area contributed by atoms with Gasteiger partial charge in [-0.3, -0.25) is 62.8 Å². The molecule has 38 nitrogen and oxygen atoms in total. The number of ketones is 1. The molecule has 13 atom stereocenters. The molecule has 2 fully saturated rings. The molecular formula is C67H92N16O22S3. The van der Waals surface area contributed by atoms with Gasteiger partial charge in [0.2, 0.25) is 29.6 Å². The summed E-state index contributed by atoms with van der Waals surface area (Å²) in [7, 11) is 1.96. The Balaban J connectivity index is 0.985. The molecule has 590 valence electrons. The van der Waals surface area contributed by atoms with Crippen molar-refractivity contribution in [2.45, 2.75) is 179 Å². The van der Waals surface area contributed by atoms with Gasteiger partial charge >= 0.3 is 36.0 Å². The number of aromatic nitrogens is 5. The predicted octanol–water partition coefficient (Wildman–Crippen LogP) is 0.818. The van der Waals surface area contributed by atoms with E-state index in [9.17, 15) is 93.0 Å². The molecule has 19 N–H and O–H groups in total. The smallest absolute Gasteiger partial charge is 0.481 e. The number of anilines is 2. The first-order valence-electron chi connectivity index (χ1n) is 34.3. The monoisotopic (exact) mass is 1570 g/mol. The second kappa shape index (κ2) is 41.3. The van der Waals surface area contributed by atoms with E-state index in [0.717, 1.165) is 26.6 Å². The lowest BCUT2D eigenvalue weighted by molar-refractivity contribution is -0.155. The largest absolute Gasteiger partial charge is 0.508 e. The van der Waals surface area contributed by atoms with Gasteiger partial charge in [-0.25, -0.2) is 29.3 Å². The quantitative estimate of drug-likeness (QED) is 0.00748. The molecule has 5 heterocycles. The number of aliphatic carboxylic acids is 4. The topological polar surface area (TPSA) is 604 Å². The number of rotatable bonds is 36. The number of cyclic esters (lactones) is 1. The Morgan fingerprint density at radius 1 is 0.815 bits per heavy atom. The fraction of sp³-hybridized carbons (Fsp3) is 0.552. The zero-order chi connectivity index (χ0) is 79.7. The average Bonchev–Trinajstić information content (AvgIpc) is 1.61. The summed E-state index contributed by atoms with van der Waals surface area (Å²) in [6.07, 6.45) is -3.16. The van der Waals surface area contributed by atoms with Gasteiger partial charge in [0.25, 0.3) is 11.5 Å². The van der Waals surface area contributed by atoms with Crippen LogP contribution in [0.3, 0.4) is 0 Å². The van der Waals surface area contributed by atoms with E-state index in [2.05, 4.69) is 66.7 Å². The van der Waals surface area contributed by atoms with E-state index in [-0.39, 0.29) is 110 Å². The number of ether oxygens (including phenoxy) is 3. The maximum atomic E-state index is 14.0.